The predicted octanol–water partition coefficient (Wildman–Crippen LogP) is 2.49. The minimum absolute atomic E-state index is 0.0988. The summed E-state index contributed by atoms with van der Waals surface area (Å²) < 4.78 is 10.7. The number of piperidine rings is 1. The third-order valence-electron chi connectivity index (χ3n) is 5.14. The SMILES string of the molecule is CCO[C@@H]1CN(c2nc(C(C)=O)c(C(=O)OC)s2)CC[C@@H]1NC(=O)c1nc(Cl)c(CC)[nH]1. The molecular weight excluding hydrogens is 458 g/mol. The van der Waals surface area contributed by atoms with Crippen LogP contribution in [0.3, 0.4) is 0 Å². The van der Waals surface area contributed by atoms with Gasteiger partial charge in [0.25, 0.3) is 5.91 Å². The van der Waals surface area contributed by atoms with Gasteiger partial charge in [-0.3, -0.25) is 9.59 Å². The van der Waals surface area contributed by atoms with Gasteiger partial charge in [0.1, 0.15) is 10.6 Å². The van der Waals surface area contributed by atoms with Crippen molar-refractivity contribution in [2.75, 3.05) is 31.7 Å². The van der Waals surface area contributed by atoms with Crippen LogP contribution >= 0.6 is 22.9 Å². The number of nitrogens with one attached hydrogen (secondary N) is 2. The van der Waals surface area contributed by atoms with Gasteiger partial charge in [-0.05, 0) is 19.8 Å². The van der Waals surface area contributed by atoms with Gasteiger partial charge in [0.15, 0.2) is 21.9 Å². The Bertz CT molecular complexity index is 1010. The van der Waals surface area contributed by atoms with Crippen LogP contribution in [0.25, 0.3) is 0 Å². The summed E-state index contributed by atoms with van der Waals surface area (Å²) in [4.78, 5) is 50.2. The maximum absolute atomic E-state index is 12.7. The minimum Gasteiger partial charge on any atom is -0.465 e. The highest BCUT2D eigenvalue weighted by Gasteiger charge is 2.34. The molecule has 0 aliphatic carbocycles. The lowest BCUT2D eigenvalue weighted by molar-refractivity contribution is 0.0271. The zero-order valence-electron chi connectivity index (χ0n) is 18.4. The molecule has 0 bridgehead atoms. The van der Waals surface area contributed by atoms with Gasteiger partial charge in [0.05, 0.1) is 24.9 Å². The van der Waals surface area contributed by atoms with Crippen molar-refractivity contribution in [1.82, 2.24) is 20.3 Å². The summed E-state index contributed by atoms with van der Waals surface area (Å²) in [6.45, 7) is 6.61. The number of carbonyl (C=O) groups excluding carboxylic acids is 3. The lowest BCUT2D eigenvalue weighted by Crippen LogP contribution is -2.55. The van der Waals surface area contributed by atoms with Crippen LogP contribution in [0.5, 0.6) is 0 Å². The molecule has 10 nitrogen and oxygen atoms in total. The topological polar surface area (TPSA) is 127 Å². The van der Waals surface area contributed by atoms with Crippen LogP contribution < -0.4 is 10.2 Å². The lowest BCUT2D eigenvalue weighted by Gasteiger charge is -2.38. The molecule has 12 heteroatoms. The number of esters is 1. The molecule has 2 N–H and O–H groups in total. The van der Waals surface area contributed by atoms with Crippen LogP contribution in [0, 0.1) is 0 Å². The maximum Gasteiger partial charge on any atom is 0.350 e. The average Bonchev–Trinajstić information content (AvgIpc) is 3.38. The highest BCUT2D eigenvalue weighted by molar-refractivity contribution is 7.17. The van der Waals surface area contributed by atoms with Gasteiger partial charge in [-0.15, -0.1) is 0 Å². The average molecular weight is 484 g/mol. The maximum atomic E-state index is 12.7. The van der Waals surface area contributed by atoms with Crippen LogP contribution in [0.2, 0.25) is 5.15 Å². The number of imidazole rings is 1. The van der Waals surface area contributed by atoms with Crippen LogP contribution in [0.1, 0.15) is 63.7 Å². The first kappa shape index (κ1) is 24.1. The van der Waals surface area contributed by atoms with E-state index in [9.17, 15) is 14.4 Å². The van der Waals surface area contributed by atoms with Crippen LogP contribution in [-0.4, -0.2) is 71.6 Å². The van der Waals surface area contributed by atoms with Crippen molar-refractivity contribution in [3.63, 3.8) is 0 Å². The van der Waals surface area contributed by atoms with E-state index in [0.29, 0.717) is 48.5 Å². The molecule has 0 aromatic carbocycles. The van der Waals surface area contributed by atoms with Crippen molar-refractivity contribution >= 4 is 45.7 Å². The molecule has 0 radical (unpaired) electrons. The Morgan fingerprint density at radius 1 is 1.31 bits per heavy atom. The molecule has 1 aliphatic rings. The first-order valence-electron chi connectivity index (χ1n) is 10.3. The van der Waals surface area contributed by atoms with E-state index in [1.54, 1.807) is 0 Å². The van der Waals surface area contributed by atoms with E-state index in [4.69, 9.17) is 21.1 Å². The fraction of sp³-hybridized carbons (Fsp3) is 0.550. The van der Waals surface area contributed by atoms with Gasteiger partial charge in [-0.2, -0.15) is 0 Å². The molecule has 1 aliphatic heterocycles. The lowest BCUT2D eigenvalue weighted by atomic mass is 10.0. The summed E-state index contributed by atoms with van der Waals surface area (Å²) in [6.07, 6.45) is 0.900. The third-order valence-corrected chi connectivity index (χ3v) is 6.55. The van der Waals surface area contributed by atoms with Crippen molar-refractivity contribution in [1.29, 1.82) is 0 Å². The fourth-order valence-corrected chi connectivity index (χ4v) is 4.85. The quantitative estimate of drug-likeness (QED) is 0.433. The molecule has 1 saturated heterocycles. The molecule has 1 fully saturated rings. The zero-order chi connectivity index (χ0) is 23.4. The highest BCUT2D eigenvalue weighted by atomic mass is 35.5. The van der Waals surface area contributed by atoms with Gasteiger partial charge >= 0.3 is 5.97 Å². The first-order valence-corrected chi connectivity index (χ1v) is 11.5. The summed E-state index contributed by atoms with van der Waals surface area (Å²) in [7, 11) is 1.26. The van der Waals surface area contributed by atoms with E-state index in [-0.39, 0.29) is 40.2 Å². The molecule has 0 spiro atoms. The predicted molar refractivity (Wildman–Crippen MR) is 120 cm³/mol. The molecular formula is C20H26ClN5O5S. The Kier molecular flexibility index (Phi) is 7.86. The minimum atomic E-state index is -0.592. The first-order chi connectivity index (χ1) is 15.3. The Morgan fingerprint density at radius 3 is 2.66 bits per heavy atom. The molecule has 0 unspecified atom stereocenters. The number of thiazole rings is 1. The molecule has 0 saturated carbocycles. The second-order valence-corrected chi connectivity index (χ2v) is 8.57. The Balaban J connectivity index is 1.75. The number of amides is 1. The number of ether oxygens (including phenoxy) is 2. The van der Waals surface area contributed by atoms with Crippen molar-refractivity contribution in [2.24, 2.45) is 0 Å². The Hall–Kier alpha value is -2.50. The van der Waals surface area contributed by atoms with Gasteiger partial charge in [0.2, 0.25) is 0 Å². The molecule has 1 amide bonds. The number of halogens is 1. The van der Waals surface area contributed by atoms with Gasteiger partial charge < -0.3 is 24.7 Å². The molecule has 3 heterocycles. The van der Waals surface area contributed by atoms with E-state index in [2.05, 4.69) is 20.3 Å². The van der Waals surface area contributed by atoms with Crippen molar-refractivity contribution in [3.05, 3.63) is 27.2 Å². The Morgan fingerprint density at radius 2 is 2.06 bits per heavy atom. The van der Waals surface area contributed by atoms with E-state index in [1.165, 1.54) is 14.0 Å². The number of aromatic amines is 1. The number of hydrogen-bond donors (Lipinski definition) is 2. The molecule has 174 valence electrons. The van der Waals surface area contributed by atoms with E-state index in [0.717, 1.165) is 11.3 Å². The zero-order valence-corrected chi connectivity index (χ0v) is 19.9. The van der Waals surface area contributed by atoms with E-state index in [1.807, 2.05) is 18.7 Å². The summed E-state index contributed by atoms with van der Waals surface area (Å²) in [5.74, 6) is -1.08. The summed E-state index contributed by atoms with van der Waals surface area (Å²) in [5.41, 5.74) is 0.807. The smallest absolute Gasteiger partial charge is 0.350 e. The summed E-state index contributed by atoms with van der Waals surface area (Å²) in [6, 6.07) is -0.250. The molecule has 2 atom stereocenters. The number of ketones is 1. The number of hydrogen-bond acceptors (Lipinski definition) is 9. The second kappa shape index (κ2) is 10.4. The molecule has 2 aromatic heterocycles. The number of anilines is 1. The van der Waals surface area contributed by atoms with Crippen molar-refractivity contribution < 1.29 is 23.9 Å². The summed E-state index contributed by atoms with van der Waals surface area (Å²) >= 11 is 7.16. The van der Waals surface area contributed by atoms with Gasteiger partial charge in [-0.1, -0.05) is 29.9 Å². The van der Waals surface area contributed by atoms with Gasteiger partial charge in [0, 0.05) is 26.6 Å². The van der Waals surface area contributed by atoms with Crippen molar-refractivity contribution in [2.45, 2.75) is 45.8 Å². The van der Waals surface area contributed by atoms with E-state index >= 15 is 0 Å². The van der Waals surface area contributed by atoms with Crippen molar-refractivity contribution in [3.8, 4) is 0 Å². The van der Waals surface area contributed by atoms with Gasteiger partial charge in [-0.25, -0.2) is 14.8 Å². The number of H-pyrrole nitrogens is 1. The standard InChI is InChI=1S/C20H26ClN5O5S/c1-5-11-16(21)25-17(22-11)18(28)23-12-7-8-26(9-13(12)31-6-2)20-24-14(10(3)27)15(32-20)19(29)30-4/h12-13H,5-9H2,1-4H3,(H,22,25)(H,23,28)/t12-,13+/m0/s1. The van der Waals surface area contributed by atoms with Crippen LogP contribution in [0.4, 0.5) is 5.13 Å². The number of aryl methyl sites for hydroxylation is 1. The largest absolute Gasteiger partial charge is 0.465 e. The molecule has 32 heavy (non-hydrogen) atoms. The fourth-order valence-electron chi connectivity index (χ4n) is 3.52. The van der Waals surface area contributed by atoms with Crippen LogP contribution in [-0.2, 0) is 15.9 Å². The number of Topliss-reactive ketones (excluding diaryl/α,β-unsaturated/α-hetero) is 1. The summed E-state index contributed by atoms with van der Waals surface area (Å²) in [5, 5.41) is 3.81. The monoisotopic (exact) mass is 483 g/mol. The third kappa shape index (κ3) is 5.11. The normalized spacial score (nSPS) is 18.5. The Labute approximate surface area is 194 Å². The van der Waals surface area contributed by atoms with Crippen LogP contribution in [0.15, 0.2) is 0 Å². The highest BCUT2D eigenvalue weighted by Crippen LogP contribution is 2.30. The number of nitrogens with zero attached hydrogens (tertiary/aromatic N) is 3. The molecule has 3 rings (SSSR count). The molecule has 2 aromatic rings. The second-order valence-electron chi connectivity index (χ2n) is 7.24. The number of methoxy groups -OCH3 is 1. The number of aromatic nitrogens is 3. The number of rotatable bonds is 8. The van der Waals surface area contributed by atoms with E-state index < -0.39 is 5.97 Å². The number of carbonyl (C=O) groups is 3.